The molecule has 6 rings (SSSR count). The molecule has 210 valence electrons. The Morgan fingerprint density at radius 1 is 0.905 bits per heavy atom. The second-order valence-corrected chi connectivity index (χ2v) is 10.4. The number of pyridine rings is 1. The van der Waals surface area contributed by atoms with Gasteiger partial charge in [-0.2, -0.15) is 0 Å². The summed E-state index contributed by atoms with van der Waals surface area (Å²) in [4.78, 5) is 33.1. The molecule has 5 aromatic rings. The molecular weight excluding hydrogens is 524 g/mol. The molecule has 7 heteroatoms. The normalized spacial score (nSPS) is 13.0. The Kier molecular flexibility index (Phi) is 7.66. The van der Waals surface area contributed by atoms with E-state index in [0.717, 1.165) is 39.2 Å². The van der Waals surface area contributed by atoms with Crippen molar-refractivity contribution in [2.45, 2.75) is 39.1 Å². The number of aromatic nitrogens is 2. The molecule has 2 amide bonds. The van der Waals surface area contributed by atoms with Crippen molar-refractivity contribution in [3.05, 3.63) is 143 Å². The Morgan fingerprint density at radius 3 is 2.48 bits per heavy atom. The van der Waals surface area contributed by atoms with Crippen LogP contribution in [0, 0.1) is 0 Å². The molecular formula is C35H32N4O3. The lowest BCUT2D eigenvalue weighted by Crippen LogP contribution is -2.30. The van der Waals surface area contributed by atoms with Gasteiger partial charge in [0.15, 0.2) is 0 Å². The Morgan fingerprint density at radius 2 is 1.69 bits per heavy atom. The first-order valence-corrected chi connectivity index (χ1v) is 14.2. The molecule has 0 bridgehead atoms. The third-order valence-electron chi connectivity index (χ3n) is 7.81. The topological polar surface area (TPSA) is 87.5 Å². The molecule has 0 radical (unpaired) electrons. The summed E-state index contributed by atoms with van der Waals surface area (Å²) in [5.74, 6) is -0.292. The number of aliphatic hydroxyl groups is 1. The van der Waals surface area contributed by atoms with Crippen molar-refractivity contribution in [2.24, 2.45) is 0 Å². The zero-order valence-electron chi connectivity index (χ0n) is 23.4. The van der Waals surface area contributed by atoms with Crippen LogP contribution in [0.3, 0.4) is 0 Å². The molecule has 0 saturated carbocycles. The van der Waals surface area contributed by atoms with Gasteiger partial charge in [-0.25, -0.2) is 0 Å². The second kappa shape index (κ2) is 11.8. The van der Waals surface area contributed by atoms with Crippen LogP contribution in [0.4, 0.5) is 5.69 Å². The predicted octanol–water partition coefficient (Wildman–Crippen LogP) is 6.13. The number of aliphatic hydroxyl groups excluding tert-OH is 1. The minimum absolute atomic E-state index is 0.117. The van der Waals surface area contributed by atoms with Crippen LogP contribution in [-0.2, 0) is 19.6 Å². The fourth-order valence-corrected chi connectivity index (χ4v) is 5.53. The summed E-state index contributed by atoms with van der Waals surface area (Å²) in [6, 6.07) is 30.7. The fraction of sp³-hybridized carbons (Fsp3) is 0.171. The van der Waals surface area contributed by atoms with Crippen LogP contribution >= 0.6 is 0 Å². The van der Waals surface area contributed by atoms with E-state index in [9.17, 15) is 14.7 Å². The minimum atomic E-state index is -0.547. The van der Waals surface area contributed by atoms with Crippen LogP contribution in [0.2, 0.25) is 0 Å². The molecule has 3 heterocycles. The van der Waals surface area contributed by atoms with Crippen LogP contribution in [0.5, 0.6) is 0 Å². The summed E-state index contributed by atoms with van der Waals surface area (Å²) < 4.78 is 1.99. The third-order valence-corrected chi connectivity index (χ3v) is 7.81. The number of para-hydroxylation sites is 1. The van der Waals surface area contributed by atoms with Gasteiger partial charge in [-0.3, -0.25) is 14.6 Å². The Labute approximate surface area is 245 Å². The van der Waals surface area contributed by atoms with E-state index in [1.165, 1.54) is 0 Å². The largest absolute Gasteiger partial charge is 0.388 e. The summed E-state index contributed by atoms with van der Waals surface area (Å²) in [6.45, 7) is 3.15. The van der Waals surface area contributed by atoms with Gasteiger partial charge >= 0.3 is 0 Å². The van der Waals surface area contributed by atoms with Gasteiger partial charge in [0, 0.05) is 35.9 Å². The number of nitrogens with zero attached hydrogens (tertiary/aromatic N) is 3. The molecule has 0 aliphatic carbocycles. The summed E-state index contributed by atoms with van der Waals surface area (Å²) in [5, 5.41) is 13.5. The van der Waals surface area contributed by atoms with E-state index in [1.54, 1.807) is 17.3 Å². The first kappa shape index (κ1) is 27.2. The van der Waals surface area contributed by atoms with E-state index in [4.69, 9.17) is 0 Å². The standard InChI is InChI=1S/C35H32N4O3/c1-2-33(40)30-11-5-4-10-29(30)25-13-15-26(16-14-25)35(42)39-23-28-17-18-32(34(41)37-21-24-8-7-19-36-20-24)38(28)22-27-9-3-6-12-31(27)39/h3-20,33,40H,2,21-23H2,1H3,(H,37,41). The van der Waals surface area contributed by atoms with Crippen LogP contribution in [-0.4, -0.2) is 26.5 Å². The van der Waals surface area contributed by atoms with Gasteiger partial charge in [0.25, 0.3) is 11.8 Å². The molecule has 1 unspecified atom stereocenters. The second-order valence-electron chi connectivity index (χ2n) is 10.4. The number of nitrogens with one attached hydrogen (secondary N) is 1. The van der Waals surface area contributed by atoms with Crippen molar-refractivity contribution in [3.8, 4) is 11.1 Å². The monoisotopic (exact) mass is 556 g/mol. The number of hydrogen-bond donors (Lipinski definition) is 2. The molecule has 1 atom stereocenters. The predicted molar refractivity (Wildman–Crippen MR) is 163 cm³/mol. The quantitative estimate of drug-likeness (QED) is 0.252. The highest BCUT2D eigenvalue weighted by Crippen LogP contribution is 2.32. The van der Waals surface area contributed by atoms with E-state index in [1.807, 2.05) is 109 Å². The molecule has 42 heavy (non-hydrogen) atoms. The Hall–Kier alpha value is -5.01. The molecule has 1 aliphatic rings. The molecule has 2 N–H and O–H groups in total. The number of anilines is 1. The molecule has 0 spiro atoms. The first-order valence-electron chi connectivity index (χ1n) is 14.2. The SMILES string of the molecule is CCC(O)c1ccccc1-c1ccc(C(=O)N2Cc3ccc(C(=O)NCc4cccnc4)n3Cc3ccccc32)cc1. The van der Waals surface area contributed by atoms with Crippen molar-refractivity contribution >= 4 is 17.5 Å². The fourth-order valence-electron chi connectivity index (χ4n) is 5.53. The van der Waals surface area contributed by atoms with E-state index < -0.39 is 6.10 Å². The van der Waals surface area contributed by atoms with Gasteiger partial charge in [-0.1, -0.05) is 67.6 Å². The number of rotatable bonds is 7. The lowest BCUT2D eigenvalue weighted by Gasteiger charge is -2.23. The van der Waals surface area contributed by atoms with Crippen LogP contribution < -0.4 is 10.2 Å². The lowest BCUT2D eigenvalue weighted by atomic mass is 9.94. The maximum Gasteiger partial charge on any atom is 0.268 e. The Balaban J connectivity index is 1.27. The van der Waals surface area contributed by atoms with E-state index in [2.05, 4.69) is 10.3 Å². The molecule has 1 aliphatic heterocycles. The van der Waals surface area contributed by atoms with Gasteiger partial charge in [0.2, 0.25) is 0 Å². The van der Waals surface area contributed by atoms with E-state index >= 15 is 0 Å². The summed E-state index contributed by atoms with van der Waals surface area (Å²) in [6.07, 6.45) is 3.51. The third kappa shape index (κ3) is 5.34. The number of carbonyl (C=O) groups excluding carboxylic acids is 2. The van der Waals surface area contributed by atoms with Gasteiger partial charge in [-0.05, 0) is 70.6 Å². The number of fused-ring (bicyclic) bond motifs is 2. The van der Waals surface area contributed by atoms with Gasteiger partial charge in [-0.15, -0.1) is 0 Å². The maximum atomic E-state index is 14.0. The van der Waals surface area contributed by atoms with Crippen molar-refractivity contribution < 1.29 is 14.7 Å². The zero-order valence-corrected chi connectivity index (χ0v) is 23.4. The molecule has 0 fully saturated rings. The van der Waals surface area contributed by atoms with Crippen molar-refractivity contribution in [3.63, 3.8) is 0 Å². The number of carbonyl (C=O) groups is 2. The van der Waals surface area contributed by atoms with Crippen molar-refractivity contribution in [1.82, 2.24) is 14.9 Å². The van der Waals surface area contributed by atoms with Gasteiger partial charge < -0.3 is 19.9 Å². The number of benzene rings is 3. The average molecular weight is 557 g/mol. The average Bonchev–Trinajstić information content (AvgIpc) is 3.36. The van der Waals surface area contributed by atoms with Crippen LogP contribution in [0.1, 0.15) is 62.7 Å². The smallest absolute Gasteiger partial charge is 0.268 e. The van der Waals surface area contributed by atoms with Crippen LogP contribution in [0.15, 0.2) is 109 Å². The highest BCUT2D eigenvalue weighted by atomic mass is 16.3. The van der Waals surface area contributed by atoms with Gasteiger partial charge in [0.05, 0.1) is 19.2 Å². The summed E-state index contributed by atoms with van der Waals surface area (Å²) in [5.41, 5.74) is 7.49. The minimum Gasteiger partial charge on any atom is -0.388 e. The first-order chi connectivity index (χ1) is 20.5. The maximum absolute atomic E-state index is 14.0. The van der Waals surface area contributed by atoms with Crippen LogP contribution in [0.25, 0.3) is 11.1 Å². The zero-order chi connectivity index (χ0) is 29.1. The van der Waals surface area contributed by atoms with E-state index in [0.29, 0.717) is 37.3 Å². The molecule has 2 aromatic heterocycles. The summed E-state index contributed by atoms with van der Waals surface area (Å²) >= 11 is 0. The van der Waals surface area contributed by atoms with Gasteiger partial charge in [0.1, 0.15) is 5.69 Å². The number of amides is 2. The highest BCUT2D eigenvalue weighted by Gasteiger charge is 2.27. The summed E-state index contributed by atoms with van der Waals surface area (Å²) in [7, 11) is 0. The number of hydrogen-bond acceptors (Lipinski definition) is 4. The van der Waals surface area contributed by atoms with Crippen molar-refractivity contribution in [1.29, 1.82) is 0 Å². The van der Waals surface area contributed by atoms with Crippen molar-refractivity contribution in [2.75, 3.05) is 4.90 Å². The molecule has 3 aromatic carbocycles. The lowest BCUT2D eigenvalue weighted by molar-refractivity contribution is 0.0941. The Bertz CT molecular complexity index is 1730. The molecule has 7 nitrogen and oxygen atoms in total. The van der Waals surface area contributed by atoms with E-state index in [-0.39, 0.29) is 11.8 Å². The molecule has 0 saturated heterocycles. The highest BCUT2D eigenvalue weighted by molar-refractivity contribution is 6.07.